The lowest BCUT2D eigenvalue weighted by Gasteiger charge is -2.40. The molecule has 2 unspecified atom stereocenters. The van der Waals surface area contributed by atoms with Crippen molar-refractivity contribution < 1.29 is 42.9 Å². The van der Waals surface area contributed by atoms with Crippen molar-refractivity contribution in [2.45, 2.75) is 58.7 Å². The first kappa shape index (κ1) is 25.8. The Balaban J connectivity index is 3.30. The van der Waals surface area contributed by atoms with Gasteiger partial charge >= 0.3 is 23.9 Å². The average Bonchev–Trinajstić information content (AvgIpc) is 2.64. The molecule has 1 saturated heterocycles. The van der Waals surface area contributed by atoms with Crippen LogP contribution in [0.5, 0.6) is 0 Å². The second kappa shape index (κ2) is 11.3. The molecule has 0 saturated carbocycles. The van der Waals surface area contributed by atoms with Gasteiger partial charge in [0, 0.05) is 16.7 Å². The zero-order valence-corrected chi connectivity index (χ0v) is 18.2. The van der Waals surface area contributed by atoms with Crippen molar-refractivity contribution in [2.24, 2.45) is 0 Å². The first-order valence-corrected chi connectivity index (χ1v) is 9.38. The van der Waals surface area contributed by atoms with E-state index in [1.165, 1.54) is 20.8 Å². The van der Waals surface area contributed by atoms with Crippen molar-refractivity contribution in [3.05, 3.63) is 48.6 Å². The topological polar surface area (TPSA) is 114 Å². The quantitative estimate of drug-likeness (QED) is 0.232. The summed E-state index contributed by atoms with van der Waals surface area (Å²) in [4.78, 5) is 48.6. The maximum absolute atomic E-state index is 12.3. The molecule has 170 valence electrons. The number of hydrogen-bond acceptors (Lipinski definition) is 9. The fourth-order valence-corrected chi connectivity index (χ4v) is 2.32. The SMILES string of the molecule is C=C(C)CC(=O)OC1C(OC(=O)C(=C)C)OC[C@@H](OC(=O)C(=C)C)[C@H]1OC(=O)C(=C)C. The zero-order valence-electron chi connectivity index (χ0n) is 18.2. The van der Waals surface area contributed by atoms with Gasteiger partial charge in [-0.05, 0) is 27.7 Å². The van der Waals surface area contributed by atoms with Gasteiger partial charge in [-0.15, -0.1) is 0 Å². The van der Waals surface area contributed by atoms with Crippen LogP contribution in [0, 0.1) is 0 Å². The Bertz CT molecular complexity index is 808. The van der Waals surface area contributed by atoms with Crippen molar-refractivity contribution in [1.29, 1.82) is 0 Å². The van der Waals surface area contributed by atoms with E-state index in [4.69, 9.17) is 23.7 Å². The summed E-state index contributed by atoms with van der Waals surface area (Å²) in [7, 11) is 0. The minimum absolute atomic E-state index is 0.0546. The van der Waals surface area contributed by atoms with E-state index in [-0.39, 0.29) is 29.7 Å². The fraction of sp³-hybridized carbons (Fsp3) is 0.455. The summed E-state index contributed by atoms with van der Waals surface area (Å²) in [5, 5.41) is 0. The molecule has 1 aliphatic heterocycles. The van der Waals surface area contributed by atoms with Gasteiger partial charge in [-0.25, -0.2) is 14.4 Å². The molecule has 0 radical (unpaired) electrons. The average molecular weight is 436 g/mol. The van der Waals surface area contributed by atoms with Gasteiger partial charge in [0.15, 0.2) is 12.2 Å². The number of hydrogen-bond donors (Lipinski definition) is 0. The van der Waals surface area contributed by atoms with Crippen molar-refractivity contribution in [3.8, 4) is 0 Å². The molecule has 4 atom stereocenters. The molecule has 31 heavy (non-hydrogen) atoms. The van der Waals surface area contributed by atoms with Crippen LogP contribution in [0.1, 0.15) is 34.1 Å². The second-order valence-corrected chi connectivity index (χ2v) is 7.35. The largest absolute Gasteiger partial charge is 0.452 e. The van der Waals surface area contributed by atoms with E-state index in [0.29, 0.717) is 5.57 Å². The summed E-state index contributed by atoms with van der Waals surface area (Å²) in [5.74, 6) is -3.14. The van der Waals surface area contributed by atoms with Gasteiger partial charge in [-0.3, -0.25) is 4.79 Å². The van der Waals surface area contributed by atoms with Crippen molar-refractivity contribution >= 4 is 23.9 Å². The van der Waals surface area contributed by atoms with Gasteiger partial charge in [-0.1, -0.05) is 31.9 Å². The second-order valence-electron chi connectivity index (χ2n) is 7.35. The Morgan fingerprint density at radius 3 is 1.71 bits per heavy atom. The summed E-state index contributed by atoms with van der Waals surface area (Å²) in [6.07, 6.45) is -5.54. The molecule has 0 aromatic carbocycles. The molecule has 0 amide bonds. The van der Waals surface area contributed by atoms with Crippen molar-refractivity contribution in [3.63, 3.8) is 0 Å². The Morgan fingerprint density at radius 1 is 0.742 bits per heavy atom. The Morgan fingerprint density at radius 2 is 1.23 bits per heavy atom. The van der Waals surface area contributed by atoms with Crippen LogP contribution in [0.2, 0.25) is 0 Å². The summed E-state index contributed by atoms with van der Waals surface area (Å²) in [6, 6.07) is 0. The molecule has 0 N–H and O–H groups in total. The summed E-state index contributed by atoms with van der Waals surface area (Å²) in [5.41, 5.74) is 0.732. The van der Waals surface area contributed by atoms with E-state index in [1.807, 2.05) is 0 Å². The monoisotopic (exact) mass is 436 g/mol. The van der Waals surface area contributed by atoms with E-state index >= 15 is 0 Å². The highest BCUT2D eigenvalue weighted by molar-refractivity contribution is 5.88. The number of carbonyl (C=O) groups excluding carboxylic acids is 4. The predicted molar refractivity (Wildman–Crippen MR) is 109 cm³/mol. The highest BCUT2D eigenvalue weighted by atomic mass is 16.7. The predicted octanol–water partition coefficient (Wildman–Crippen LogP) is 2.32. The van der Waals surface area contributed by atoms with Crippen LogP contribution in [0.25, 0.3) is 0 Å². The third-order valence-corrected chi connectivity index (χ3v) is 3.87. The van der Waals surface area contributed by atoms with Crippen molar-refractivity contribution in [1.82, 2.24) is 0 Å². The van der Waals surface area contributed by atoms with Gasteiger partial charge in [0.05, 0.1) is 13.0 Å². The molecule has 0 aromatic rings. The number of rotatable bonds is 9. The van der Waals surface area contributed by atoms with Crippen LogP contribution in [-0.4, -0.2) is 55.1 Å². The molecule has 0 spiro atoms. The molecule has 0 aliphatic carbocycles. The molecular weight excluding hydrogens is 408 g/mol. The molecular formula is C22H28O9. The van der Waals surface area contributed by atoms with Crippen LogP contribution in [0.15, 0.2) is 48.6 Å². The van der Waals surface area contributed by atoms with E-state index in [2.05, 4.69) is 26.3 Å². The molecule has 0 aromatic heterocycles. The number of ether oxygens (including phenoxy) is 5. The molecule has 9 nitrogen and oxygen atoms in total. The molecule has 1 fully saturated rings. The van der Waals surface area contributed by atoms with Gasteiger partial charge in [0.2, 0.25) is 12.4 Å². The van der Waals surface area contributed by atoms with Crippen molar-refractivity contribution in [2.75, 3.05) is 6.61 Å². The molecule has 0 bridgehead atoms. The highest BCUT2D eigenvalue weighted by Crippen LogP contribution is 2.27. The lowest BCUT2D eigenvalue weighted by molar-refractivity contribution is -0.272. The molecule has 1 aliphatic rings. The highest BCUT2D eigenvalue weighted by Gasteiger charge is 2.49. The normalized spacial score (nSPS) is 22.5. The Hall–Kier alpha value is -3.20. The third-order valence-electron chi connectivity index (χ3n) is 3.87. The first-order chi connectivity index (χ1) is 14.3. The smallest absolute Gasteiger partial charge is 0.335 e. The Kier molecular flexibility index (Phi) is 9.39. The van der Waals surface area contributed by atoms with E-state index in [1.54, 1.807) is 6.92 Å². The lowest BCUT2D eigenvalue weighted by Crippen LogP contribution is -2.58. The standard InChI is InChI=1S/C22H28O9/c1-11(2)9-16(23)29-18-17(30-20(25)13(5)6)15(28-19(24)12(3)4)10-27-22(18)31-21(26)14(7)8/h15,17-18,22H,1,3,5,7,9-10H2,2,4,6,8H3/t15-,17-,18?,22?/m1/s1. The minimum atomic E-state index is -1.44. The maximum atomic E-state index is 12.3. The Labute approximate surface area is 181 Å². The molecule has 9 heteroatoms. The van der Waals surface area contributed by atoms with Crippen LogP contribution in [0.4, 0.5) is 0 Å². The third kappa shape index (κ3) is 7.86. The number of esters is 4. The van der Waals surface area contributed by atoms with Gasteiger partial charge in [-0.2, -0.15) is 0 Å². The maximum Gasteiger partial charge on any atom is 0.335 e. The van der Waals surface area contributed by atoms with E-state index < -0.39 is 48.5 Å². The van der Waals surface area contributed by atoms with E-state index in [0.717, 1.165) is 0 Å². The van der Waals surface area contributed by atoms with Crippen LogP contribution < -0.4 is 0 Å². The van der Waals surface area contributed by atoms with Gasteiger partial charge in [0.1, 0.15) is 0 Å². The zero-order chi connectivity index (χ0) is 23.9. The van der Waals surface area contributed by atoms with Crippen LogP contribution >= 0.6 is 0 Å². The van der Waals surface area contributed by atoms with Crippen LogP contribution in [0.3, 0.4) is 0 Å². The summed E-state index contributed by atoms with van der Waals surface area (Å²) >= 11 is 0. The summed E-state index contributed by atoms with van der Waals surface area (Å²) in [6.45, 7) is 19.7. The molecule has 1 heterocycles. The first-order valence-electron chi connectivity index (χ1n) is 9.38. The number of carbonyl (C=O) groups is 4. The van der Waals surface area contributed by atoms with Gasteiger partial charge in [0.25, 0.3) is 0 Å². The fourth-order valence-electron chi connectivity index (χ4n) is 2.32. The lowest BCUT2D eigenvalue weighted by atomic mass is 10.0. The minimum Gasteiger partial charge on any atom is -0.452 e. The van der Waals surface area contributed by atoms with Crippen LogP contribution in [-0.2, 0) is 42.9 Å². The van der Waals surface area contributed by atoms with Gasteiger partial charge < -0.3 is 23.7 Å². The molecule has 1 rings (SSSR count). The summed E-state index contributed by atoms with van der Waals surface area (Å²) < 4.78 is 26.8. The van der Waals surface area contributed by atoms with E-state index in [9.17, 15) is 19.2 Å².